The van der Waals surface area contributed by atoms with E-state index < -0.39 is 35.7 Å². The van der Waals surface area contributed by atoms with Gasteiger partial charge in [-0.15, -0.1) is 13.2 Å². The molecule has 0 unspecified atom stereocenters. The van der Waals surface area contributed by atoms with Gasteiger partial charge in [-0.05, 0) is 31.5 Å². The number of hydrogen-bond donors (Lipinski definition) is 3. The first-order valence-electron chi connectivity index (χ1n) is 9.37. The Morgan fingerprint density at radius 3 is 2.47 bits per heavy atom. The molecule has 0 bridgehead atoms. The van der Waals surface area contributed by atoms with E-state index in [1.165, 1.54) is 45.4 Å². The largest absolute Gasteiger partial charge is 0.573 e. The fourth-order valence-corrected chi connectivity index (χ4v) is 3.16. The zero-order valence-corrected chi connectivity index (χ0v) is 17.4. The summed E-state index contributed by atoms with van der Waals surface area (Å²) < 4.78 is 46.1. The van der Waals surface area contributed by atoms with Crippen LogP contribution in [0, 0.1) is 0 Å². The molecule has 12 heteroatoms. The van der Waals surface area contributed by atoms with Crippen molar-refractivity contribution in [3.8, 4) is 11.5 Å². The Balaban J connectivity index is 1.86. The molecule has 0 spiro atoms. The number of halogens is 3. The number of methoxy groups -OCH3 is 1. The van der Waals surface area contributed by atoms with E-state index in [2.05, 4.69) is 20.4 Å². The molecule has 1 aliphatic heterocycles. The fraction of sp³-hybridized carbons (Fsp3) is 0.350. The summed E-state index contributed by atoms with van der Waals surface area (Å²) in [5.41, 5.74) is -0.912. The maximum Gasteiger partial charge on any atom is 0.573 e. The fourth-order valence-electron chi connectivity index (χ4n) is 3.16. The van der Waals surface area contributed by atoms with Crippen molar-refractivity contribution in [2.24, 2.45) is 0 Å². The Hall–Kier alpha value is -3.54. The van der Waals surface area contributed by atoms with Crippen molar-refractivity contribution in [2.75, 3.05) is 23.9 Å². The molecule has 0 aliphatic carbocycles. The average molecular weight is 454 g/mol. The summed E-state index contributed by atoms with van der Waals surface area (Å²) in [7, 11) is 1.43. The average Bonchev–Trinajstić information content (AvgIpc) is 2.69. The Morgan fingerprint density at radius 2 is 1.91 bits per heavy atom. The number of urea groups is 1. The maximum absolute atomic E-state index is 13.0. The van der Waals surface area contributed by atoms with E-state index in [9.17, 15) is 27.9 Å². The van der Waals surface area contributed by atoms with Gasteiger partial charge in [0.25, 0.3) is 0 Å². The summed E-state index contributed by atoms with van der Waals surface area (Å²) in [5.74, 6) is -0.355. The van der Waals surface area contributed by atoms with Crippen molar-refractivity contribution < 1.29 is 37.3 Å². The van der Waals surface area contributed by atoms with E-state index >= 15 is 0 Å². The minimum Gasteiger partial charge on any atom is -0.495 e. The van der Waals surface area contributed by atoms with Crippen molar-refractivity contribution in [2.45, 2.75) is 31.9 Å². The number of alkyl halides is 3. The molecule has 3 N–H and O–H groups in total. The SMILES string of the molecule is COc1cnc2c(c1)NC(=O)CN2C(=O)N[C@H](c1ccc(OC(F)(F)F)cc1)C(C)(C)O. The quantitative estimate of drug-likeness (QED) is 0.640. The van der Waals surface area contributed by atoms with Gasteiger partial charge in [-0.2, -0.15) is 0 Å². The lowest BCUT2D eigenvalue weighted by molar-refractivity contribution is -0.274. The predicted octanol–water partition coefficient (Wildman–Crippen LogP) is 2.97. The first-order valence-corrected chi connectivity index (χ1v) is 9.37. The third-order valence-corrected chi connectivity index (χ3v) is 4.58. The molecule has 0 radical (unpaired) electrons. The summed E-state index contributed by atoms with van der Waals surface area (Å²) in [6, 6.07) is 4.49. The van der Waals surface area contributed by atoms with E-state index in [-0.39, 0.29) is 18.1 Å². The van der Waals surface area contributed by atoms with Gasteiger partial charge < -0.3 is 25.2 Å². The van der Waals surface area contributed by atoms with Crippen molar-refractivity contribution >= 4 is 23.4 Å². The number of aliphatic hydroxyl groups is 1. The molecule has 1 aromatic heterocycles. The normalized spacial score (nSPS) is 14.8. The van der Waals surface area contributed by atoms with Crippen LogP contribution >= 0.6 is 0 Å². The zero-order valence-electron chi connectivity index (χ0n) is 17.4. The second-order valence-corrected chi connectivity index (χ2v) is 7.53. The number of nitrogens with zero attached hydrogens (tertiary/aromatic N) is 2. The first-order chi connectivity index (χ1) is 14.9. The smallest absolute Gasteiger partial charge is 0.495 e. The predicted molar refractivity (Wildman–Crippen MR) is 107 cm³/mol. The van der Waals surface area contributed by atoms with E-state index in [1.54, 1.807) is 0 Å². The number of nitrogens with one attached hydrogen (secondary N) is 2. The van der Waals surface area contributed by atoms with Crippen LogP contribution in [0.3, 0.4) is 0 Å². The van der Waals surface area contributed by atoms with Crippen molar-refractivity contribution in [1.82, 2.24) is 10.3 Å². The van der Waals surface area contributed by atoms with Gasteiger partial charge in [0, 0.05) is 6.07 Å². The second kappa shape index (κ2) is 8.54. The molecule has 32 heavy (non-hydrogen) atoms. The summed E-state index contributed by atoms with van der Waals surface area (Å²) in [4.78, 5) is 30.4. The molecule has 0 saturated heterocycles. The standard InChI is InChI=1S/C20H21F3N4O5/c1-19(2,30)16(11-4-6-12(7-5-11)32-20(21,22)23)26-18(29)27-10-15(28)25-14-8-13(31-3)9-24-17(14)27/h4-9,16,30H,10H2,1-3H3,(H,25,28)(H,26,29)/t16-/m1/s1. The Morgan fingerprint density at radius 1 is 1.25 bits per heavy atom. The van der Waals surface area contributed by atoms with Crippen LogP contribution in [0.4, 0.5) is 29.5 Å². The Bertz CT molecular complexity index is 1010. The molecule has 0 saturated carbocycles. The van der Waals surface area contributed by atoms with Crippen LogP contribution in [0.25, 0.3) is 0 Å². The maximum atomic E-state index is 13.0. The first kappa shape index (κ1) is 23.1. The molecular formula is C20H21F3N4O5. The van der Waals surface area contributed by atoms with Gasteiger partial charge in [-0.1, -0.05) is 12.1 Å². The number of hydrogen-bond acceptors (Lipinski definition) is 6. The number of carbonyl (C=O) groups is 2. The van der Waals surface area contributed by atoms with Crippen LogP contribution in [-0.2, 0) is 4.79 Å². The molecule has 3 rings (SSSR count). The number of carbonyl (C=O) groups excluding carboxylic acids is 2. The molecule has 9 nitrogen and oxygen atoms in total. The van der Waals surface area contributed by atoms with Crippen LogP contribution < -0.4 is 25.0 Å². The Labute approximate surface area is 181 Å². The highest BCUT2D eigenvalue weighted by Crippen LogP contribution is 2.32. The van der Waals surface area contributed by atoms with E-state index in [1.807, 2.05) is 0 Å². The van der Waals surface area contributed by atoms with Crippen LogP contribution in [0.2, 0.25) is 0 Å². The van der Waals surface area contributed by atoms with Gasteiger partial charge >= 0.3 is 12.4 Å². The molecule has 0 fully saturated rings. The summed E-state index contributed by atoms with van der Waals surface area (Å²) in [6.07, 6.45) is -3.47. The van der Waals surface area contributed by atoms with Gasteiger partial charge in [0.15, 0.2) is 5.82 Å². The molecule has 1 atom stereocenters. The van der Waals surface area contributed by atoms with Gasteiger partial charge in [-0.25, -0.2) is 9.78 Å². The molecule has 2 aromatic rings. The molecular weight excluding hydrogens is 433 g/mol. The van der Waals surface area contributed by atoms with Crippen LogP contribution in [0.15, 0.2) is 36.5 Å². The molecule has 2 heterocycles. The highest BCUT2D eigenvalue weighted by Gasteiger charge is 2.35. The summed E-state index contributed by atoms with van der Waals surface area (Å²) in [5, 5.41) is 15.8. The van der Waals surface area contributed by atoms with E-state index in [4.69, 9.17) is 4.74 Å². The lowest BCUT2D eigenvalue weighted by Crippen LogP contribution is -2.51. The monoisotopic (exact) mass is 454 g/mol. The van der Waals surface area contributed by atoms with Gasteiger partial charge in [0.1, 0.15) is 18.0 Å². The van der Waals surface area contributed by atoms with Crippen LogP contribution in [-0.4, -0.2) is 47.6 Å². The highest BCUT2D eigenvalue weighted by atomic mass is 19.4. The number of anilines is 2. The van der Waals surface area contributed by atoms with Crippen LogP contribution in [0.1, 0.15) is 25.5 Å². The van der Waals surface area contributed by atoms with Crippen LogP contribution in [0.5, 0.6) is 11.5 Å². The van der Waals surface area contributed by atoms with E-state index in [0.717, 1.165) is 17.0 Å². The van der Waals surface area contributed by atoms with Gasteiger partial charge in [0.05, 0.1) is 30.6 Å². The zero-order chi connectivity index (χ0) is 23.7. The Kier molecular flexibility index (Phi) is 6.17. The number of pyridine rings is 1. The van der Waals surface area contributed by atoms with Crippen molar-refractivity contribution in [3.63, 3.8) is 0 Å². The number of aromatic nitrogens is 1. The van der Waals surface area contributed by atoms with Crippen molar-refractivity contribution in [1.29, 1.82) is 0 Å². The van der Waals surface area contributed by atoms with Gasteiger partial charge in [-0.3, -0.25) is 9.69 Å². The molecule has 1 aliphatic rings. The van der Waals surface area contributed by atoms with E-state index in [0.29, 0.717) is 11.3 Å². The summed E-state index contributed by atoms with van der Waals surface area (Å²) >= 11 is 0. The van der Waals surface area contributed by atoms with Gasteiger partial charge in [0.2, 0.25) is 5.91 Å². The summed E-state index contributed by atoms with van der Waals surface area (Å²) in [6.45, 7) is 2.53. The van der Waals surface area contributed by atoms with Crippen molar-refractivity contribution in [3.05, 3.63) is 42.1 Å². The molecule has 172 valence electrons. The molecule has 1 aromatic carbocycles. The number of amides is 3. The third kappa shape index (κ3) is 5.38. The highest BCUT2D eigenvalue weighted by molar-refractivity contribution is 6.08. The topological polar surface area (TPSA) is 113 Å². The third-order valence-electron chi connectivity index (χ3n) is 4.58. The molecule has 3 amide bonds. The number of fused-ring (bicyclic) bond motifs is 1. The number of rotatable bonds is 5. The minimum atomic E-state index is -4.84. The minimum absolute atomic E-state index is 0.173. The lowest BCUT2D eigenvalue weighted by Gasteiger charge is -2.34. The number of benzene rings is 1. The second-order valence-electron chi connectivity index (χ2n) is 7.53. The lowest BCUT2D eigenvalue weighted by atomic mass is 9.92. The number of ether oxygens (including phenoxy) is 2.